The molecule has 0 aliphatic carbocycles. The van der Waals surface area contributed by atoms with Crippen molar-refractivity contribution in [2.24, 2.45) is 18.1 Å². The third-order valence-electron chi connectivity index (χ3n) is 4.74. The summed E-state index contributed by atoms with van der Waals surface area (Å²) in [7, 11) is 1.88. The number of fused-ring (bicyclic) bond motifs is 3. The van der Waals surface area contributed by atoms with Crippen molar-refractivity contribution in [1.29, 1.82) is 0 Å². The van der Waals surface area contributed by atoms with Crippen molar-refractivity contribution < 1.29 is 23.8 Å². The zero-order valence-electron chi connectivity index (χ0n) is 12.3. The lowest BCUT2D eigenvalue weighted by Crippen LogP contribution is -2.62. The van der Waals surface area contributed by atoms with E-state index in [1.807, 2.05) is 28.6 Å². The summed E-state index contributed by atoms with van der Waals surface area (Å²) in [5.41, 5.74) is 0. The first-order valence-electron chi connectivity index (χ1n) is 7.31. The first-order valence-corrected chi connectivity index (χ1v) is 7.31. The molecule has 3 fully saturated rings. The van der Waals surface area contributed by atoms with E-state index in [-0.39, 0.29) is 0 Å². The Morgan fingerprint density at radius 2 is 2.33 bits per heavy atom. The molecule has 7 nitrogen and oxygen atoms in total. The largest absolute Gasteiger partial charge is 0.411 e. The molecule has 0 saturated carbocycles. The molecule has 1 aromatic heterocycles. The van der Waals surface area contributed by atoms with Gasteiger partial charge < -0.3 is 5.21 Å². The molecule has 7 heteroatoms. The summed E-state index contributed by atoms with van der Waals surface area (Å²) in [4.78, 5) is 11.9. The van der Waals surface area contributed by atoms with Crippen LogP contribution in [0.2, 0.25) is 0 Å². The van der Waals surface area contributed by atoms with Crippen LogP contribution in [0.3, 0.4) is 0 Å². The normalized spacial score (nSPS) is 28.6. The summed E-state index contributed by atoms with van der Waals surface area (Å²) >= 11 is 0. The molecule has 3 saturated heterocycles. The van der Waals surface area contributed by atoms with Gasteiger partial charge in [0.1, 0.15) is 18.9 Å². The summed E-state index contributed by atoms with van der Waals surface area (Å²) in [5.74, 6) is 1.46. The Morgan fingerprint density at radius 3 is 3.00 bits per heavy atom. The SMILES string of the molecule is C[n+]1ccn(COC[N+]23CCC(CC2)C(=O)C3)c1/C=N\O. The van der Waals surface area contributed by atoms with E-state index in [1.54, 1.807) is 0 Å². The Labute approximate surface area is 123 Å². The van der Waals surface area contributed by atoms with Gasteiger partial charge in [0.15, 0.2) is 25.5 Å². The number of hydrogen-bond acceptors (Lipinski definition) is 4. The van der Waals surface area contributed by atoms with Crippen molar-refractivity contribution in [2.45, 2.75) is 19.6 Å². The summed E-state index contributed by atoms with van der Waals surface area (Å²) in [6.45, 7) is 3.66. The number of Topliss-reactive ketones (excluding diaryl/α,β-unsaturated/α-hetero) is 1. The number of rotatable bonds is 5. The molecule has 1 aromatic rings. The van der Waals surface area contributed by atoms with Crippen LogP contribution in [0.15, 0.2) is 17.5 Å². The van der Waals surface area contributed by atoms with Gasteiger partial charge in [0.05, 0.1) is 20.1 Å². The molecule has 1 N–H and O–H groups in total. The molecule has 4 heterocycles. The van der Waals surface area contributed by atoms with Crippen LogP contribution in [0.25, 0.3) is 0 Å². The number of nitrogens with zero attached hydrogens (tertiary/aromatic N) is 4. The molecule has 3 aliphatic rings. The highest BCUT2D eigenvalue weighted by atomic mass is 16.5. The summed E-state index contributed by atoms with van der Waals surface area (Å²) in [6.07, 6.45) is 7.14. The second-order valence-corrected chi connectivity index (χ2v) is 6.13. The lowest BCUT2D eigenvalue weighted by Gasteiger charge is -2.47. The van der Waals surface area contributed by atoms with E-state index in [0.29, 0.717) is 31.7 Å². The Bertz CT molecular complexity index is 559. The maximum Gasteiger partial charge on any atom is 0.305 e. The Hall–Kier alpha value is -1.73. The molecule has 0 spiro atoms. The summed E-state index contributed by atoms with van der Waals surface area (Å²) in [6, 6.07) is 0. The van der Waals surface area contributed by atoms with Crippen molar-refractivity contribution in [3.05, 3.63) is 18.2 Å². The van der Waals surface area contributed by atoms with Crippen molar-refractivity contribution in [3.63, 3.8) is 0 Å². The summed E-state index contributed by atoms with van der Waals surface area (Å²) < 4.78 is 10.3. The highest BCUT2D eigenvalue weighted by Gasteiger charge is 2.45. The van der Waals surface area contributed by atoms with Crippen molar-refractivity contribution in [1.82, 2.24) is 4.57 Å². The molecule has 0 radical (unpaired) electrons. The molecular weight excluding hydrogens is 272 g/mol. The monoisotopic (exact) mass is 294 g/mol. The molecule has 3 aliphatic heterocycles. The minimum absolute atomic E-state index is 0.306. The number of aromatic nitrogens is 2. The predicted octanol–water partition coefficient (Wildman–Crippen LogP) is -0.138. The number of oxime groups is 1. The first-order chi connectivity index (χ1) is 10.1. The second kappa shape index (κ2) is 5.57. The standard InChI is InChI=1S/C14H21N4O3/c1-16-4-5-17(14(16)8-15-20)10-21-11-18-6-2-12(3-7-18)13(19)9-18/h4-5,8,12H,2-3,6-7,9-11H2,1H3/q+1/p+1. The molecular formula is C14H22N4O3+2. The number of piperidine rings is 3. The third-order valence-corrected chi connectivity index (χ3v) is 4.74. The van der Waals surface area contributed by atoms with Gasteiger partial charge in [0, 0.05) is 18.8 Å². The molecule has 0 amide bonds. The molecule has 0 unspecified atom stereocenters. The third kappa shape index (κ3) is 2.71. The molecule has 2 bridgehead atoms. The van der Waals surface area contributed by atoms with Gasteiger partial charge in [-0.3, -0.25) is 14.0 Å². The number of carbonyl (C=O) groups is 1. The van der Waals surface area contributed by atoms with Gasteiger partial charge in [-0.1, -0.05) is 5.16 Å². The number of quaternary nitrogens is 1. The average Bonchev–Trinajstić information content (AvgIpc) is 2.82. The van der Waals surface area contributed by atoms with E-state index in [4.69, 9.17) is 9.94 Å². The van der Waals surface area contributed by atoms with Crippen LogP contribution >= 0.6 is 0 Å². The second-order valence-electron chi connectivity index (χ2n) is 6.13. The van der Waals surface area contributed by atoms with E-state index in [9.17, 15) is 4.79 Å². The quantitative estimate of drug-likeness (QED) is 0.270. The lowest BCUT2D eigenvalue weighted by molar-refractivity contribution is -0.949. The summed E-state index contributed by atoms with van der Waals surface area (Å²) in [5, 5.41) is 11.8. The fourth-order valence-corrected chi connectivity index (χ4v) is 3.42. The Balaban J connectivity index is 1.60. The number of carbonyl (C=O) groups excluding carboxylic acids is 1. The van der Waals surface area contributed by atoms with Crippen LogP contribution in [0, 0.1) is 5.92 Å². The van der Waals surface area contributed by atoms with Crippen LogP contribution in [-0.2, 0) is 23.3 Å². The molecule has 4 rings (SSSR count). The van der Waals surface area contributed by atoms with Crippen LogP contribution in [0.5, 0.6) is 0 Å². The van der Waals surface area contributed by atoms with Crippen molar-refractivity contribution in [3.8, 4) is 0 Å². The van der Waals surface area contributed by atoms with E-state index in [2.05, 4.69) is 5.16 Å². The number of aryl methyl sites for hydroxylation is 1. The van der Waals surface area contributed by atoms with Gasteiger partial charge in [0.2, 0.25) is 0 Å². The zero-order chi connectivity index (χ0) is 14.9. The van der Waals surface area contributed by atoms with Crippen LogP contribution < -0.4 is 4.57 Å². The molecule has 0 aromatic carbocycles. The highest BCUT2D eigenvalue weighted by molar-refractivity contribution is 5.83. The highest BCUT2D eigenvalue weighted by Crippen LogP contribution is 2.31. The van der Waals surface area contributed by atoms with Crippen LogP contribution in [0.4, 0.5) is 0 Å². The van der Waals surface area contributed by atoms with Crippen LogP contribution in [-0.4, -0.2) is 52.6 Å². The van der Waals surface area contributed by atoms with Gasteiger partial charge in [-0.2, -0.15) is 0 Å². The minimum atomic E-state index is 0.306. The number of hydrogen-bond donors (Lipinski definition) is 1. The molecule has 21 heavy (non-hydrogen) atoms. The van der Waals surface area contributed by atoms with Gasteiger partial charge >= 0.3 is 5.82 Å². The van der Waals surface area contributed by atoms with Crippen molar-refractivity contribution >= 4 is 12.0 Å². The number of ether oxygens (including phenoxy) is 1. The minimum Gasteiger partial charge on any atom is -0.411 e. The van der Waals surface area contributed by atoms with E-state index in [1.165, 1.54) is 6.21 Å². The molecule has 114 valence electrons. The zero-order valence-corrected chi connectivity index (χ0v) is 12.3. The number of imidazole rings is 1. The number of ketones is 1. The molecule has 0 atom stereocenters. The maximum absolute atomic E-state index is 11.9. The average molecular weight is 294 g/mol. The topological polar surface area (TPSA) is 67.7 Å². The van der Waals surface area contributed by atoms with Crippen LogP contribution in [0.1, 0.15) is 18.7 Å². The fourth-order valence-electron chi connectivity index (χ4n) is 3.42. The van der Waals surface area contributed by atoms with E-state index in [0.717, 1.165) is 36.2 Å². The van der Waals surface area contributed by atoms with Crippen molar-refractivity contribution in [2.75, 3.05) is 26.4 Å². The van der Waals surface area contributed by atoms with E-state index < -0.39 is 0 Å². The lowest BCUT2D eigenvalue weighted by atomic mass is 9.85. The predicted molar refractivity (Wildman–Crippen MR) is 73.5 cm³/mol. The maximum atomic E-state index is 11.9. The first kappa shape index (κ1) is 14.2. The van der Waals surface area contributed by atoms with Gasteiger partial charge in [-0.25, -0.2) is 9.13 Å². The Morgan fingerprint density at radius 1 is 1.57 bits per heavy atom. The Kier molecular flexibility index (Phi) is 3.77. The van der Waals surface area contributed by atoms with Gasteiger partial charge in [0.25, 0.3) is 0 Å². The van der Waals surface area contributed by atoms with Gasteiger partial charge in [-0.05, 0) is 0 Å². The smallest absolute Gasteiger partial charge is 0.305 e. The van der Waals surface area contributed by atoms with E-state index >= 15 is 0 Å². The fraction of sp³-hybridized carbons (Fsp3) is 0.643. The van der Waals surface area contributed by atoms with Gasteiger partial charge in [-0.15, -0.1) is 0 Å².